The van der Waals surface area contributed by atoms with Crippen LogP contribution in [0.4, 0.5) is 26.3 Å². The van der Waals surface area contributed by atoms with Crippen LogP contribution in [0.15, 0.2) is 0 Å². The molecule has 0 heterocycles. The number of alkyl halides is 6. The van der Waals surface area contributed by atoms with Gasteiger partial charge in [-0.15, -0.1) is 0 Å². The van der Waals surface area contributed by atoms with Crippen molar-refractivity contribution in [2.75, 3.05) is 0 Å². The van der Waals surface area contributed by atoms with Gasteiger partial charge in [-0.25, -0.2) is 0 Å². The zero-order chi connectivity index (χ0) is 18.3. The third kappa shape index (κ3) is 3.31. The number of halogens is 6. The van der Waals surface area contributed by atoms with E-state index in [0.29, 0.717) is 19.3 Å². The Kier molecular flexibility index (Phi) is 5.57. The SMILES string of the molecule is CC1CCC(C(C2CCC(C)C(C)C2)(C(F)(F)F)C(F)(F)F)CC1. The summed E-state index contributed by atoms with van der Waals surface area (Å²) in [4.78, 5) is 0. The Balaban J connectivity index is 2.47. The first kappa shape index (κ1) is 19.9. The van der Waals surface area contributed by atoms with Crippen LogP contribution in [0.3, 0.4) is 0 Å². The van der Waals surface area contributed by atoms with Gasteiger partial charge in [0, 0.05) is 0 Å². The zero-order valence-corrected chi connectivity index (χ0v) is 14.6. The van der Waals surface area contributed by atoms with Gasteiger partial charge in [-0.2, -0.15) is 26.3 Å². The predicted octanol–water partition coefficient (Wildman–Crippen LogP) is 7.00. The molecule has 0 spiro atoms. The summed E-state index contributed by atoms with van der Waals surface area (Å²) in [7, 11) is 0. The highest BCUT2D eigenvalue weighted by molar-refractivity contribution is 5.05. The summed E-state index contributed by atoms with van der Waals surface area (Å²) >= 11 is 0. The molecule has 0 nitrogen and oxygen atoms in total. The molecule has 2 aliphatic carbocycles. The molecular formula is C18H28F6. The Hall–Kier alpha value is -0.420. The Bertz CT molecular complexity index is 402. The molecule has 3 atom stereocenters. The summed E-state index contributed by atoms with van der Waals surface area (Å²) in [6.07, 6.45) is -9.04. The van der Waals surface area contributed by atoms with Crippen molar-refractivity contribution in [1.82, 2.24) is 0 Å². The van der Waals surface area contributed by atoms with Crippen LogP contribution < -0.4 is 0 Å². The van der Waals surface area contributed by atoms with Gasteiger partial charge in [0.1, 0.15) is 0 Å². The summed E-state index contributed by atoms with van der Waals surface area (Å²) in [5.41, 5.74) is -3.53. The molecular weight excluding hydrogens is 330 g/mol. The second kappa shape index (κ2) is 6.71. The minimum Gasteiger partial charge on any atom is -0.170 e. The lowest BCUT2D eigenvalue weighted by atomic mass is 9.55. The summed E-state index contributed by atoms with van der Waals surface area (Å²) in [6, 6.07) is 0. The van der Waals surface area contributed by atoms with E-state index in [0.717, 1.165) is 0 Å². The third-order valence-corrected chi connectivity index (χ3v) is 6.84. The minimum atomic E-state index is -5.25. The van der Waals surface area contributed by atoms with Crippen molar-refractivity contribution in [3.8, 4) is 0 Å². The molecule has 2 aliphatic rings. The molecule has 2 fully saturated rings. The monoisotopic (exact) mass is 358 g/mol. The van der Waals surface area contributed by atoms with Gasteiger partial charge in [0.25, 0.3) is 0 Å². The summed E-state index contributed by atoms with van der Waals surface area (Å²) < 4.78 is 84.2. The first-order valence-corrected chi connectivity index (χ1v) is 9.04. The molecule has 2 rings (SSSR count). The van der Waals surface area contributed by atoms with Crippen LogP contribution in [0, 0.1) is 35.0 Å². The van der Waals surface area contributed by atoms with E-state index >= 15 is 0 Å². The largest absolute Gasteiger partial charge is 0.403 e. The smallest absolute Gasteiger partial charge is 0.170 e. The van der Waals surface area contributed by atoms with Crippen LogP contribution in [0.1, 0.15) is 65.7 Å². The van der Waals surface area contributed by atoms with E-state index in [1.54, 1.807) is 6.92 Å². The zero-order valence-electron chi connectivity index (χ0n) is 14.6. The van der Waals surface area contributed by atoms with Crippen LogP contribution in [-0.4, -0.2) is 12.4 Å². The lowest BCUT2D eigenvalue weighted by molar-refractivity contribution is -0.383. The highest BCUT2D eigenvalue weighted by atomic mass is 19.4. The van der Waals surface area contributed by atoms with E-state index in [1.165, 1.54) is 0 Å². The fourth-order valence-corrected chi connectivity index (χ4v) is 5.10. The molecule has 0 bridgehead atoms. The van der Waals surface area contributed by atoms with Crippen LogP contribution in [0.2, 0.25) is 0 Å². The summed E-state index contributed by atoms with van der Waals surface area (Å²) in [5.74, 6) is -2.38. The first-order valence-electron chi connectivity index (χ1n) is 9.04. The van der Waals surface area contributed by atoms with E-state index in [-0.39, 0.29) is 43.4 Å². The topological polar surface area (TPSA) is 0 Å². The van der Waals surface area contributed by atoms with Gasteiger partial charge in [-0.1, -0.05) is 40.0 Å². The van der Waals surface area contributed by atoms with Gasteiger partial charge < -0.3 is 0 Å². The highest BCUT2D eigenvalue weighted by Gasteiger charge is 2.76. The Morgan fingerprint density at radius 1 is 0.583 bits per heavy atom. The average Bonchev–Trinajstić information content (AvgIpc) is 2.42. The van der Waals surface area contributed by atoms with Crippen molar-refractivity contribution in [3.63, 3.8) is 0 Å². The molecule has 3 unspecified atom stereocenters. The normalized spacial score (nSPS) is 36.6. The number of hydrogen-bond acceptors (Lipinski definition) is 0. The quantitative estimate of drug-likeness (QED) is 0.466. The van der Waals surface area contributed by atoms with Crippen LogP contribution in [0.5, 0.6) is 0 Å². The van der Waals surface area contributed by atoms with Gasteiger partial charge in [-0.05, 0) is 55.3 Å². The van der Waals surface area contributed by atoms with Crippen LogP contribution >= 0.6 is 0 Å². The van der Waals surface area contributed by atoms with Gasteiger partial charge >= 0.3 is 12.4 Å². The van der Waals surface area contributed by atoms with E-state index in [4.69, 9.17) is 0 Å². The molecule has 0 N–H and O–H groups in total. The fourth-order valence-electron chi connectivity index (χ4n) is 5.10. The van der Waals surface area contributed by atoms with E-state index in [9.17, 15) is 26.3 Å². The molecule has 0 aromatic carbocycles. The molecule has 0 saturated heterocycles. The Morgan fingerprint density at radius 2 is 1.04 bits per heavy atom. The maximum absolute atomic E-state index is 14.0. The average molecular weight is 358 g/mol. The standard InChI is InChI=1S/C18H28F6/c1-11-4-7-14(8-5-11)16(17(19,20)21,18(22,23)24)15-9-6-12(2)13(3)10-15/h11-15H,4-10H2,1-3H3. The van der Waals surface area contributed by atoms with Crippen LogP contribution in [0.25, 0.3) is 0 Å². The molecule has 2 saturated carbocycles. The molecule has 142 valence electrons. The molecule has 0 aromatic heterocycles. The van der Waals surface area contributed by atoms with Crippen molar-refractivity contribution in [1.29, 1.82) is 0 Å². The summed E-state index contributed by atoms with van der Waals surface area (Å²) in [5, 5.41) is 0. The maximum atomic E-state index is 14.0. The Labute approximate surface area is 140 Å². The molecule has 0 aromatic rings. The van der Waals surface area contributed by atoms with Crippen molar-refractivity contribution < 1.29 is 26.3 Å². The van der Waals surface area contributed by atoms with E-state index < -0.39 is 29.6 Å². The van der Waals surface area contributed by atoms with Crippen LogP contribution in [-0.2, 0) is 0 Å². The predicted molar refractivity (Wildman–Crippen MR) is 81.3 cm³/mol. The molecule has 0 aliphatic heterocycles. The lowest BCUT2D eigenvalue weighted by Gasteiger charge is -2.52. The molecule has 0 radical (unpaired) electrons. The number of rotatable bonds is 2. The second-order valence-electron chi connectivity index (χ2n) is 8.29. The van der Waals surface area contributed by atoms with E-state index in [1.807, 2.05) is 13.8 Å². The van der Waals surface area contributed by atoms with E-state index in [2.05, 4.69) is 0 Å². The lowest BCUT2D eigenvalue weighted by Crippen LogP contribution is -2.61. The van der Waals surface area contributed by atoms with Crippen molar-refractivity contribution >= 4 is 0 Å². The molecule has 6 heteroatoms. The third-order valence-electron chi connectivity index (χ3n) is 6.84. The first-order chi connectivity index (χ1) is 10.9. The van der Waals surface area contributed by atoms with Crippen molar-refractivity contribution in [2.45, 2.75) is 78.1 Å². The van der Waals surface area contributed by atoms with Gasteiger partial charge in [0.05, 0.1) is 0 Å². The maximum Gasteiger partial charge on any atom is 0.403 e. The van der Waals surface area contributed by atoms with Gasteiger partial charge in [0.15, 0.2) is 5.41 Å². The number of hydrogen-bond donors (Lipinski definition) is 0. The van der Waals surface area contributed by atoms with Gasteiger partial charge in [-0.3, -0.25) is 0 Å². The second-order valence-corrected chi connectivity index (χ2v) is 8.29. The Morgan fingerprint density at radius 3 is 1.46 bits per heavy atom. The summed E-state index contributed by atoms with van der Waals surface area (Å²) in [6.45, 7) is 5.62. The fraction of sp³-hybridized carbons (Fsp3) is 1.00. The molecule has 24 heavy (non-hydrogen) atoms. The molecule has 0 amide bonds. The van der Waals surface area contributed by atoms with Gasteiger partial charge in [0.2, 0.25) is 0 Å². The minimum absolute atomic E-state index is 0.0201. The highest BCUT2D eigenvalue weighted by Crippen LogP contribution is 2.65. The van der Waals surface area contributed by atoms with Crippen molar-refractivity contribution in [3.05, 3.63) is 0 Å². The van der Waals surface area contributed by atoms with Crippen molar-refractivity contribution in [2.24, 2.45) is 35.0 Å².